The first-order chi connectivity index (χ1) is 13.8. The predicted molar refractivity (Wildman–Crippen MR) is 99.4 cm³/mol. The number of amides is 2. The highest BCUT2D eigenvalue weighted by atomic mass is 19.4. The van der Waals surface area contributed by atoms with Gasteiger partial charge in [0.15, 0.2) is 5.82 Å². The highest BCUT2D eigenvalue weighted by molar-refractivity contribution is 5.71. The molecule has 7 nitrogen and oxygen atoms in total. The number of nitrogens with one attached hydrogen (secondary N) is 1. The molecule has 0 bridgehead atoms. The summed E-state index contributed by atoms with van der Waals surface area (Å²) in [7, 11) is 0. The molecule has 152 valence electrons. The van der Waals surface area contributed by atoms with E-state index in [-0.39, 0.29) is 5.75 Å². The molecule has 3 aromatic rings. The van der Waals surface area contributed by atoms with Gasteiger partial charge < -0.3 is 15.8 Å². The van der Waals surface area contributed by atoms with E-state index >= 15 is 0 Å². The van der Waals surface area contributed by atoms with Crippen molar-refractivity contribution in [3.63, 3.8) is 0 Å². The number of nitrogens with two attached hydrogens (primary N) is 1. The smallest absolute Gasteiger partial charge is 0.406 e. The van der Waals surface area contributed by atoms with Gasteiger partial charge in [0.05, 0.1) is 5.69 Å². The molecule has 2 amide bonds. The van der Waals surface area contributed by atoms with Gasteiger partial charge in [0.1, 0.15) is 12.1 Å². The number of carbonyl (C=O) groups excluding carboxylic acids is 1. The Morgan fingerprint density at radius 3 is 2.41 bits per heavy atom. The van der Waals surface area contributed by atoms with Crippen LogP contribution in [0.3, 0.4) is 0 Å². The maximum Gasteiger partial charge on any atom is 0.573 e. The minimum atomic E-state index is -4.73. The number of aromatic nitrogens is 3. The number of nitrogens with zero attached hydrogens (tertiary/aromatic N) is 3. The summed E-state index contributed by atoms with van der Waals surface area (Å²) in [5, 5.41) is 6.90. The molecule has 10 heteroatoms. The number of alkyl halides is 3. The zero-order valence-corrected chi connectivity index (χ0v) is 15.2. The standard InChI is InChI=1S/C19H18F3N5O2/c20-19(21,22)29-16-9-7-15(8-10-16)27-12-25-17(26-27)14-5-3-13(4-6-14)2-1-11-24-18(23)28/h3-10,12H,1-2,11H2,(H3,23,24,28). The molecule has 1 heterocycles. The van der Waals surface area contributed by atoms with E-state index in [4.69, 9.17) is 5.73 Å². The number of hydrogen-bond donors (Lipinski definition) is 2. The predicted octanol–water partition coefficient (Wildman–Crippen LogP) is 3.43. The van der Waals surface area contributed by atoms with E-state index in [0.29, 0.717) is 18.1 Å². The van der Waals surface area contributed by atoms with E-state index in [0.717, 1.165) is 24.0 Å². The van der Waals surface area contributed by atoms with Gasteiger partial charge >= 0.3 is 12.4 Å². The van der Waals surface area contributed by atoms with Gasteiger partial charge in [-0.05, 0) is 42.7 Å². The molecule has 0 saturated carbocycles. The Kier molecular flexibility index (Phi) is 6.01. The van der Waals surface area contributed by atoms with E-state index in [1.165, 1.54) is 35.3 Å². The Hall–Kier alpha value is -3.56. The average Bonchev–Trinajstić information content (AvgIpc) is 3.15. The van der Waals surface area contributed by atoms with Crippen molar-refractivity contribution in [3.8, 4) is 22.8 Å². The number of halogens is 3. The van der Waals surface area contributed by atoms with Gasteiger partial charge in [-0.3, -0.25) is 0 Å². The Bertz CT molecular complexity index is 953. The van der Waals surface area contributed by atoms with Crippen molar-refractivity contribution >= 4 is 6.03 Å². The molecular weight excluding hydrogens is 387 g/mol. The molecule has 1 aromatic heterocycles. The van der Waals surface area contributed by atoms with E-state index < -0.39 is 12.4 Å². The van der Waals surface area contributed by atoms with Crippen molar-refractivity contribution in [2.45, 2.75) is 19.2 Å². The van der Waals surface area contributed by atoms with Crippen LogP contribution >= 0.6 is 0 Å². The number of hydrogen-bond acceptors (Lipinski definition) is 4. The highest BCUT2D eigenvalue weighted by Crippen LogP contribution is 2.24. The summed E-state index contributed by atoms with van der Waals surface area (Å²) in [5.41, 5.74) is 7.47. The maximum absolute atomic E-state index is 12.2. The van der Waals surface area contributed by atoms with Crippen molar-refractivity contribution in [2.24, 2.45) is 5.73 Å². The van der Waals surface area contributed by atoms with Crippen LogP contribution in [0, 0.1) is 0 Å². The Labute approximate surface area is 164 Å². The Morgan fingerprint density at radius 2 is 1.79 bits per heavy atom. The lowest BCUT2D eigenvalue weighted by Gasteiger charge is -2.09. The van der Waals surface area contributed by atoms with E-state index in [2.05, 4.69) is 20.1 Å². The number of rotatable bonds is 7. The molecule has 0 fully saturated rings. The van der Waals surface area contributed by atoms with E-state index in [1.54, 1.807) is 0 Å². The number of carbonyl (C=O) groups is 1. The first-order valence-corrected chi connectivity index (χ1v) is 8.71. The quantitative estimate of drug-likeness (QED) is 0.589. The van der Waals surface area contributed by atoms with Crippen molar-refractivity contribution in [1.82, 2.24) is 20.1 Å². The topological polar surface area (TPSA) is 95.1 Å². The third-order valence-electron chi connectivity index (χ3n) is 3.98. The summed E-state index contributed by atoms with van der Waals surface area (Å²) in [5.74, 6) is 0.186. The SMILES string of the molecule is NC(=O)NCCCc1ccc(-c2ncn(-c3ccc(OC(F)(F)F)cc3)n2)cc1. The van der Waals surface area contributed by atoms with Gasteiger partial charge in [0.2, 0.25) is 0 Å². The van der Waals surface area contributed by atoms with Gasteiger partial charge in [-0.25, -0.2) is 14.5 Å². The Balaban J connectivity index is 1.63. The summed E-state index contributed by atoms with van der Waals surface area (Å²) >= 11 is 0. The molecule has 0 saturated heterocycles. The average molecular weight is 405 g/mol. The molecule has 0 unspecified atom stereocenters. The van der Waals surface area contributed by atoms with Gasteiger partial charge in [0.25, 0.3) is 0 Å². The minimum absolute atomic E-state index is 0.303. The number of urea groups is 1. The molecule has 0 aliphatic carbocycles. The molecule has 2 aromatic carbocycles. The van der Waals surface area contributed by atoms with Crippen LogP contribution in [0.25, 0.3) is 17.1 Å². The number of ether oxygens (including phenoxy) is 1. The fourth-order valence-corrected chi connectivity index (χ4v) is 2.64. The van der Waals surface area contributed by atoms with Gasteiger partial charge in [0, 0.05) is 12.1 Å². The first kappa shape index (κ1) is 20.2. The lowest BCUT2D eigenvalue weighted by molar-refractivity contribution is -0.274. The zero-order valence-electron chi connectivity index (χ0n) is 15.2. The fourth-order valence-electron chi connectivity index (χ4n) is 2.64. The second-order valence-corrected chi connectivity index (χ2v) is 6.15. The minimum Gasteiger partial charge on any atom is -0.406 e. The van der Waals surface area contributed by atoms with Gasteiger partial charge in [-0.15, -0.1) is 18.3 Å². The Morgan fingerprint density at radius 1 is 1.10 bits per heavy atom. The molecule has 0 atom stereocenters. The molecule has 0 aliphatic rings. The van der Waals surface area contributed by atoms with Crippen LogP contribution in [0.15, 0.2) is 54.9 Å². The molecule has 29 heavy (non-hydrogen) atoms. The van der Waals surface area contributed by atoms with Crippen LogP contribution in [0.2, 0.25) is 0 Å². The van der Waals surface area contributed by atoms with Gasteiger partial charge in [-0.1, -0.05) is 24.3 Å². The molecule has 3 rings (SSSR count). The van der Waals surface area contributed by atoms with Crippen molar-refractivity contribution in [1.29, 1.82) is 0 Å². The van der Waals surface area contributed by atoms with Crippen molar-refractivity contribution < 1.29 is 22.7 Å². The largest absolute Gasteiger partial charge is 0.573 e. The van der Waals surface area contributed by atoms with E-state index in [1.807, 2.05) is 24.3 Å². The highest BCUT2D eigenvalue weighted by Gasteiger charge is 2.30. The van der Waals surface area contributed by atoms with Crippen LogP contribution in [-0.2, 0) is 6.42 Å². The van der Waals surface area contributed by atoms with Crippen LogP contribution in [0.4, 0.5) is 18.0 Å². The van der Waals surface area contributed by atoms with Crippen LogP contribution in [0.1, 0.15) is 12.0 Å². The second-order valence-electron chi connectivity index (χ2n) is 6.15. The summed E-state index contributed by atoms with van der Waals surface area (Å²) in [4.78, 5) is 14.9. The second kappa shape index (κ2) is 8.63. The maximum atomic E-state index is 12.2. The van der Waals surface area contributed by atoms with E-state index in [9.17, 15) is 18.0 Å². The number of benzene rings is 2. The molecular formula is C19H18F3N5O2. The summed E-state index contributed by atoms with van der Waals surface area (Å²) < 4.78 is 42.0. The lowest BCUT2D eigenvalue weighted by atomic mass is 10.1. The normalized spacial score (nSPS) is 11.3. The van der Waals surface area contributed by atoms with Crippen molar-refractivity contribution in [3.05, 3.63) is 60.4 Å². The number of primary amides is 1. The number of aryl methyl sites for hydroxylation is 1. The fraction of sp³-hybridized carbons (Fsp3) is 0.211. The monoisotopic (exact) mass is 405 g/mol. The third kappa shape index (κ3) is 5.96. The lowest BCUT2D eigenvalue weighted by Crippen LogP contribution is -2.30. The van der Waals surface area contributed by atoms with Crippen LogP contribution < -0.4 is 15.8 Å². The molecule has 0 aliphatic heterocycles. The first-order valence-electron chi connectivity index (χ1n) is 8.71. The van der Waals surface area contributed by atoms with Crippen molar-refractivity contribution in [2.75, 3.05) is 6.54 Å². The molecule has 0 radical (unpaired) electrons. The summed E-state index contributed by atoms with van der Waals surface area (Å²) in [6.45, 7) is 0.510. The van der Waals surface area contributed by atoms with Gasteiger partial charge in [-0.2, -0.15) is 0 Å². The summed E-state index contributed by atoms with van der Waals surface area (Å²) in [6.07, 6.45) is -1.69. The summed E-state index contributed by atoms with van der Waals surface area (Å²) in [6, 6.07) is 12.5. The zero-order chi connectivity index (χ0) is 20.9. The van der Waals surface area contributed by atoms with Crippen LogP contribution in [0.5, 0.6) is 5.75 Å². The molecule has 0 spiro atoms. The van der Waals surface area contributed by atoms with Crippen LogP contribution in [-0.4, -0.2) is 33.7 Å². The third-order valence-corrected chi connectivity index (χ3v) is 3.98. The molecule has 3 N–H and O–H groups in total.